The standard InChI is InChI=1S/C22H14Cl3NO4/c1-11-4-6-13(10-15(11)24)26-19(17-3-2-8-30-17)18(21(28)22(26)29)20(27)12-5-7-14(23)16(25)9-12/h2-10,19,27H,1H3/b20-18-. The number of halogens is 3. The fourth-order valence-corrected chi connectivity index (χ4v) is 3.82. The van der Waals surface area contributed by atoms with E-state index in [9.17, 15) is 14.7 Å². The summed E-state index contributed by atoms with van der Waals surface area (Å²) in [6.45, 7) is 1.83. The van der Waals surface area contributed by atoms with Gasteiger partial charge in [-0.3, -0.25) is 14.5 Å². The number of carbonyl (C=O) groups excluding carboxylic acids is 2. The molecule has 3 aromatic rings. The minimum absolute atomic E-state index is 0.120. The molecule has 2 heterocycles. The lowest BCUT2D eigenvalue weighted by Crippen LogP contribution is -2.29. The molecule has 1 fully saturated rings. The van der Waals surface area contributed by atoms with E-state index in [2.05, 4.69) is 0 Å². The topological polar surface area (TPSA) is 70.8 Å². The maximum absolute atomic E-state index is 13.0. The molecule has 1 unspecified atom stereocenters. The van der Waals surface area contributed by atoms with Crippen LogP contribution in [0.2, 0.25) is 15.1 Å². The normalized spacial score (nSPS) is 18.3. The molecule has 2 aromatic carbocycles. The monoisotopic (exact) mass is 461 g/mol. The van der Waals surface area contributed by atoms with Gasteiger partial charge in [0, 0.05) is 16.3 Å². The van der Waals surface area contributed by atoms with Gasteiger partial charge in [-0.2, -0.15) is 0 Å². The highest BCUT2D eigenvalue weighted by atomic mass is 35.5. The zero-order chi connectivity index (χ0) is 21.6. The smallest absolute Gasteiger partial charge is 0.300 e. The van der Waals surface area contributed by atoms with Crippen molar-refractivity contribution < 1.29 is 19.1 Å². The molecule has 0 spiro atoms. The lowest BCUT2D eigenvalue weighted by molar-refractivity contribution is -0.132. The Balaban J connectivity index is 1.93. The Bertz CT molecular complexity index is 1200. The van der Waals surface area contributed by atoms with Crippen LogP contribution in [-0.2, 0) is 9.59 Å². The largest absolute Gasteiger partial charge is 0.507 e. The molecule has 8 heteroatoms. The summed E-state index contributed by atoms with van der Waals surface area (Å²) < 4.78 is 5.51. The number of amides is 1. The molecule has 0 radical (unpaired) electrons. The molecule has 1 atom stereocenters. The van der Waals surface area contributed by atoms with Crippen LogP contribution in [0.1, 0.15) is 22.9 Å². The van der Waals surface area contributed by atoms with Crippen molar-refractivity contribution in [1.82, 2.24) is 0 Å². The summed E-state index contributed by atoms with van der Waals surface area (Å²) in [4.78, 5) is 27.2. The molecule has 1 aliphatic rings. The molecule has 0 bridgehead atoms. The van der Waals surface area contributed by atoms with Gasteiger partial charge in [0.15, 0.2) is 0 Å². The second-order valence-electron chi connectivity index (χ2n) is 6.75. The number of aryl methyl sites for hydroxylation is 1. The molecule has 0 aliphatic carbocycles. The van der Waals surface area contributed by atoms with Crippen LogP contribution in [0.3, 0.4) is 0 Å². The Labute approximate surface area is 187 Å². The molecular weight excluding hydrogens is 449 g/mol. The maximum Gasteiger partial charge on any atom is 0.300 e. The SMILES string of the molecule is Cc1ccc(N2C(=O)C(=O)/C(=C(\O)c3ccc(Cl)c(Cl)c3)C2c2ccco2)cc1Cl. The van der Waals surface area contributed by atoms with Gasteiger partial charge in [-0.1, -0.05) is 40.9 Å². The fourth-order valence-electron chi connectivity index (χ4n) is 3.35. The molecule has 152 valence electrons. The number of aliphatic hydroxyl groups excluding tert-OH is 1. The van der Waals surface area contributed by atoms with Gasteiger partial charge in [-0.05, 0) is 55.0 Å². The molecule has 1 aromatic heterocycles. The highest BCUT2D eigenvalue weighted by molar-refractivity contribution is 6.52. The summed E-state index contributed by atoms with van der Waals surface area (Å²) in [5, 5.41) is 11.9. The number of rotatable bonds is 3. The van der Waals surface area contributed by atoms with Crippen LogP contribution >= 0.6 is 34.8 Å². The summed E-state index contributed by atoms with van der Waals surface area (Å²) in [6, 6.07) is 11.7. The van der Waals surface area contributed by atoms with Crippen LogP contribution in [0.5, 0.6) is 0 Å². The van der Waals surface area contributed by atoms with Crippen LogP contribution in [0, 0.1) is 6.92 Å². The predicted octanol–water partition coefficient (Wildman–Crippen LogP) is 6.17. The van der Waals surface area contributed by atoms with Crippen LogP contribution in [0.25, 0.3) is 5.76 Å². The highest BCUT2D eigenvalue weighted by Gasteiger charge is 2.48. The average Bonchev–Trinajstić information content (AvgIpc) is 3.33. The molecule has 30 heavy (non-hydrogen) atoms. The Kier molecular flexibility index (Phi) is 5.36. The maximum atomic E-state index is 13.0. The second kappa shape index (κ2) is 7.84. The minimum Gasteiger partial charge on any atom is -0.507 e. The summed E-state index contributed by atoms with van der Waals surface area (Å²) in [5.74, 6) is -1.73. The van der Waals surface area contributed by atoms with Crippen LogP contribution in [0.4, 0.5) is 5.69 Å². The number of hydrogen-bond acceptors (Lipinski definition) is 4. The third-order valence-electron chi connectivity index (χ3n) is 4.88. The zero-order valence-corrected chi connectivity index (χ0v) is 17.8. The van der Waals surface area contributed by atoms with Crippen LogP contribution in [0.15, 0.2) is 64.8 Å². The van der Waals surface area contributed by atoms with Gasteiger partial charge >= 0.3 is 0 Å². The van der Waals surface area contributed by atoms with E-state index in [-0.39, 0.29) is 21.9 Å². The minimum atomic E-state index is -0.978. The molecule has 1 amide bonds. The summed E-state index contributed by atoms with van der Waals surface area (Å²) >= 11 is 18.3. The third-order valence-corrected chi connectivity index (χ3v) is 6.03. The molecule has 0 saturated carbocycles. The molecular formula is C22H14Cl3NO4. The van der Waals surface area contributed by atoms with E-state index in [0.29, 0.717) is 21.5 Å². The van der Waals surface area contributed by atoms with E-state index < -0.39 is 17.7 Å². The first-order valence-corrected chi connectivity index (χ1v) is 9.99. The van der Waals surface area contributed by atoms with E-state index in [1.807, 2.05) is 6.92 Å². The van der Waals surface area contributed by atoms with Crippen molar-refractivity contribution in [2.24, 2.45) is 0 Å². The van der Waals surface area contributed by atoms with E-state index in [4.69, 9.17) is 39.2 Å². The molecule has 4 rings (SSSR count). The van der Waals surface area contributed by atoms with Crippen molar-refractivity contribution in [2.75, 3.05) is 4.90 Å². The van der Waals surface area contributed by atoms with E-state index >= 15 is 0 Å². The number of furan rings is 1. The van der Waals surface area contributed by atoms with Gasteiger partial charge in [0.05, 0.1) is 21.9 Å². The first kappa shape index (κ1) is 20.5. The number of ketones is 1. The van der Waals surface area contributed by atoms with Gasteiger partial charge in [-0.25, -0.2) is 0 Å². The Morgan fingerprint density at radius 2 is 1.77 bits per heavy atom. The second-order valence-corrected chi connectivity index (χ2v) is 7.97. The first-order valence-electron chi connectivity index (χ1n) is 8.85. The quantitative estimate of drug-likeness (QED) is 0.287. The van der Waals surface area contributed by atoms with Crippen LogP contribution in [-0.4, -0.2) is 16.8 Å². The summed E-state index contributed by atoms with van der Waals surface area (Å²) in [6.07, 6.45) is 1.43. The van der Waals surface area contributed by atoms with Gasteiger partial charge in [0.1, 0.15) is 17.6 Å². The number of carbonyl (C=O) groups is 2. The summed E-state index contributed by atoms with van der Waals surface area (Å²) in [5.41, 5.74) is 1.36. The Morgan fingerprint density at radius 1 is 1.00 bits per heavy atom. The molecule has 1 saturated heterocycles. The molecule has 1 N–H and O–H groups in total. The highest BCUT2D eigenvalue weighted by Crippen LogP contribution is 2.43. The van der Waals surface area contributed by atoms with Crippen molar-refractivity contribution in [3.8, 4) is 0 Å². The number of benzene rings is 2. The van der Waals surface area contributed by atoms with E-state index in [0.717, 1.165) is 5.56 Å². The average molecular weight is 463 g/mol. The van der Waals surface area contributed by atoms with Crippen molar-refractivity contribution in [3.05, 3.63) is 92.3 Å². The first-order chi connectivity index (χ1) is 14.3. The molecule has 5 nitrogen and oxygen atoms in total. The van der Waals surface area contributed by atoms with Gasteiger partial charge < -0.3 is 9.52 Å². The van der Waals surface area contributed by atoms with Crippen molar-refractivity contribution >= 4 is 57.9 Å². The van der Waals surface area contributed by atoms with Gasteiger partial charge in [0.25, 0.3) is 11.7 Å². The van der Waals surface area contributed by atoms with E-state index in [1.165, 1.54) is 29.4 Å². The number of Topliss-reactive ketones (excluding diaryl/α,β-unsaturated/α-hetero) is 1. The number of aliphatic hydroxyl groups is 1. The van der Waals surface area contributed by atoms with Crippen molar-refractivity contribution in [2.45, 2.75) is 13.0 Å². The Hall–Kier alpha value is -2.73. The Morgan fingerprint density at radius 3 is 2.40 bits per heavy atom. The van der Waals surface area contributed by atoms with E-state index in [1.54, 1.807) is 30.3 Å². The van der Waals surface area contributed by atoms with Gasteiger partial charge in [0.2, 0.25) is 0 Å². The number of nitrogens with zero attached hydrogens (tertiary/aromatic N) is 1. The molecule has 1 aliphatic heterocycles. The lowest BCUT2D eigenvalue weighted by atomic mass is 9.99. The zero-order valence-electron chi connectivity index (χ0n) is 15.5. The third kappa shape index (κ3) is 3.39. The van der Waals surface area contributed by atoms with Crippen molar-refractivity contribution in [3.63, 3.8) is 0 Å². The van der Waals surface area contributed by atoms with Crippen molar-refractivity contribution in [1.29, 1.82) is 0 Å². The fraction of sp³-hybridized carbons (Fsp3) is 0.0909. The lowest BCUT2D eigenvalue weighted by Gasteiger charge is -2.23. The number of hydrogen-bond donors (Lipinski definition) is 1. The van der Waals surface area contributed by atoms with Crippen LogP contribution < -0.4 is 4.90 Å². The van der Waals surface area contributed by atoms with Gasteiger partial charge in [-0.15, -0.1) is 0 Å². The number of anilines is 1. The predicted molar refractivity (Wildman–Crippen MR) is 116 cm³/mol. The summed E-state index contributed by atoms with van der Waals surface area (Å²) in [7, 11) is 0.